The van der Waals surface area contributed by atoms with Crippen molar-refractivity contribution in [1.29, 1.82) is 0 Å². The van der Waals surface area contributed by atoms with Crippen LogP contribution in [0, 0.1) is 0 Å². The molecule has 4 heteroatoms. The maximum atomic E-state index is 10.7. The van der Waals surface area contributed by atoms with Gasteiger partial charge in [-0.1, -0.05) is 18.2 Å². The van der Waals surface area contributed by atoms with E-state index in [4.69, 9.17) is 9.84 Å². The van der Waals surface area contributed by atoms with Crippen LogP contribution < -0.4 is 4.74 Å². The molecule has 4 nitrogen and oxygen atoms in total. The predicted octanol–water partition coefficient (Wildman–Crippen LogP) is 1.11. The number of hydrogen-bond donors (Lipinski definition) is 1. The molecule has 1 N–H and O–H groups in total. The lowest BCUT2D eigenvalue weighted by Gasteiger charge is -2.19. The Hall–Kier alpha value is -1.84. The van der Waals surface area contributed by atoms with E-state index in [0.717, 1.165) is 0 Å². The highest BCUT2D eigenvalue weighted by atomic mass is 16.5. The van der Waals surface area contributed by atoms with Gasteiger partial charge in [0.05, 0.1) is 0 Å². The van der Waals surface area contributed by atoms with Crippen LogP contribution in [0.2, 0.25) is 0 Å². The highest BCUT2D eigenvalue weighted by Gasteiger charge is 2.35. The molecular weight excluding hydrogens is 184 g/mol. The first-order chi connectivity index (χ1) is 6.58. The van der Waals surface area contributed by atoms with Gasteiger partial charge in [0.1, 0.15) is 5.75 Å². The molecule has 14 heavy (non-hydrogen) atoms. The molecule has 0 aliphatic carbocycles. The van der Waals surface area contributed by atoms with Crippen molar-refractivity contribution in [3.05, 3.63) is 30.3 Å². The van der Waals surface area contributed by atoms with Crippen molar-refractivity contribution in [2.75, 3.05) is 0 Å². The average Bonchev–Trinajstić information content (AvgIpc) is 2.19. The molecule has 1 aromatic rings. The fraction of sp³-hybridized carbons (Fsp3) is 0.200. The van der Waals surface area contributed by atoms with Gasteiger partial charge < -0.3 is 9.84 Å². The van der Waals surface area contributed by atoms with Crippen LogP contribution in [-0.4, -0.2) is 23.0 Å². The molecule has 0 saturated carbocycles. The molecule has 0 aliphatic rings. The Kier molecular flexibility index (Phi) is 2.86. The van der Waals surface area contributed by atoms with Gasteiger partial charge in [0.25, 0.3) is 5.60 Å². The van der Waals surface area contributed by atoms with E-state index in [1.807, 2.05) is 0 Å². The van der Waals surface area contributed by atoms with E-state index < -0.39 is 11.6 Å². The van der Waals surface area contributed by atoms with Crippen molar-refractivity contribution in [2.24, 2.45) is 0 Å². The van der Waals surface area contributed by atoms with Crippen molar-refractivity contribution < 1.29 is 19.4 Å². The summed E-state index contributed by atoms with van der Waals surface area (Å²) in [7, 11) is 0. The van der Waals surface area contributed by atoms with Gasteiger partial charge in [-0.05, 0) is 19.1 Å². The minimum Gasteiger partial charge on any atom is -0.478 e. The zero-order valence-corrected chi connectivity index (χ0v) is 7.64. The van der Waals surface area contributed by atoms with Gasteiger partial charge in [0.15, 0.2) is 6.29 Å². The molecule has 0 aromatic heterocycles. The number of benzene rings is 1. The molecule has 74 valence electrons. The zero-order chi connectivity index (χ0) is 10.6. The van der Waals surface area contributed by atoms with E-state index in [1.54, 1.807) is 30.3 Å². The number of carbonyl (C=O) groups excluding carboxylic acids is 1. The molecular formula is C10H10O4. The summed E-state index contributed by atoms with van der Waals surface area (Å²) in [6, 6.07) is 8.34. The maximum absolute atomic E-state index is 10.7. The van der Waals surface area contributed by atoms with Crippen LogP contribution in [-0.2, 0) is 9.59 Å². The lowest BCUT2D eigenvalue weighted by Crippen LogP contribution is -2.43. The van der Waals surface area contributed by atoms with Crippen LogP contribution in [0.1, 0.15) is 6.92 Å². The molecule has 0 aliphatic heterocycles. The molecule has 0 radical (unpaired) electrons. The third kappa shape index (κ3) is 2.10. The summed E-state index contributed by atoms with van der Waals surface area (Å²) in [5, 5.41) is 8.74. The lowest BCUT2D eigenvalue weighted by molar-refractivity contribution is -0.155. The van der Waals surface area contributed by atoms with E-state index in [-0.39, 0.29) is 6.29 Å². The number of para-hydroxylation sites is 1. The van der Waals surface area contributed by atoms with Gasteiger partial charge in [0.2, 0.25) is 0 Å². The second kappa shape index (κ2) is 3.91. The van der Waals surface area contributed by atoms with Gasteiger partial charge in [-0.15, -0.1) is 0 Å². The van der Waals surface area contributed by atoms with E-state index in [0.29, 0.717) is 5.75 Å². The number of hydrogen-bond acceptors (Lipinski definition) is 3. The number of carbonyl (C=O) groups is 2. The first kappa shape index (κ1) is 10.2. The quantitative estimate of drug-likeness (QED) is 0.576. The topological polar surface area (TPSA) is 63.6 Å². The van der Waals surface area contributed by atoms with E-state index in [2.05, 4.69) is 0 Å². The van der Waals surface area contributed by atoms with Crippen molar-refractivity contribution in [3.8, 4) is 5.75 Å². The van der Waals surface area contributed by atoms with E-state index >= 15 is 0 Å². The summed E-state index contributed by atoms with van der Waals surface area (Å²) in [4.78, 5) is 21.3. The Morgan fingerprint density at radius 2 is 2.00 bits per heavy atom. The Balaban J connectivity index is 2.86. The molecule has 0 heterocycles. The van der Waals surface area contributed by atoms with Crippen molar-refractivity contribution in [2.45, 2.75) is 12.5 Å². The van der Waals surface area contributed by atoms with Crippen LogP contribution in [0.5, 0.6) is 5.75 Å². The molecule has 1 rings (SSSR count). The first-order valence-corrected chi connectivity index (χ1v) is 4.02. The molecule has 1 aromatic carbocycles. The summed E-state index contributed by atoms with van der Waals surface area (Å²) in [6.07, 6.45) is 0.266. The van der Waals surface area contributed by atoms with Crippen molar-refractivity contribution in [3.63, 3.8) is 0 Å². The standard InChI is InChI=1S/C10H10O4/c1-10(7-11,9(12)13)14-8-5-3-2-4-6-8/h2-7H,1H3,(H,12,13). The average molecular weight is 194 g/mol. The third-order valence-corrected chi connectivity index (χ3v) is 1.72. The maximum Gasteiger partial charge on any atom is 0.355 e. The SMILES string of the molecule is CC(C=O)(Oc1ccccc1)C(=O)O. The Morgan fingerprint density at radius 3 is 2.43 bits per heavy atom. The zero-order valence-electron chi connectivity index (χ0n) is 7.64. The normalized spacial score (nSPS) is 14.1. The number of carboxylic acids is 1. The monoisotopic (exact) mass is 194 g/mol. The van der Waals surface area contributed by atoms with Crippen LogP contribution in [0.15, 0.2) is 30.3 Å². The second-order valence-corrected chi connectivity index (χ2v) is 2.95. The fourth-order valence-corrected chi connectivity index (χ4v) is 0.851. The summed E-state index contributed by atoms with van der Waals surface area (Å²) >= 11 is 0. The molecule has 0 fully saturated rings. The molecule has 0 bridgehead atoms. The van der Waals surface area contributed by atoms with Gasteiger partial charge >= 0.3 is 5.97 Å². The second-order valence-electron chi connectivity index (χ2n) is 2.95. The van der Waals surface area contributed by atoms with E-state index in [9.17, 15) is 9.59 Å². The minimum absolute atomic E-state index is 0.266. The number of aldehydes is 1. The van der Waals surface area contributed by atoms with Crippen LogP contribution >= 0.6 is 0 Å². The minimum atomic E-state index is -1.82. The van der Waals surface area contributed by atoms with Crippen LogP contribution in [0.4, 0.5) is 0 Å². The number of aliphatic carboxylic acids is 1. The molecule has 1 unspecified atom stereocenters. The van der Waals surface area contributed by atoms with Gasteiger partial charge in [-0.2, -0.15) is 0 Å². The summed E-state index contributed by atoms with van der Waals surface area (Å²) in [5.74, 6) is -0.958. The van der Waals surface area contributed by atoms with Crippen LogP contribution in [0.25, 0.3) is 0 Å². The van der Waals surface area contributed by atoms with Crippen molar-refractivity contribution >= 4 is 12.3 Å². The largest absolute Gasteiger partial charge is 0.478 e. The van der Waals surface area contributed by atoms with Gasteiger partial charge in [-0.25, -0.2) is 4.79 Å². The van der Waals surface area contributed by atoms with Gasteiger partial charge in [-0.3, -0.25) is 4.79 Å². The smallest absolute Gasteiger partial charge is 0.355 e. The highest BCUT2D eigenvalue weighted by molar-refractivity contribution is 5.95. The fourth-order valence-electron chi connectivity index (χ4n) is 0.851. The Bertz CT molecular complexity index is 333. The molecule has 1 atom stereocenters. The number of ether oxygens (including phenoxy) is 1. The lowest BCUT2D eigenvalue weighted by atomic mass is 10.1. The Morgan fingerprint density at radius 1 is 1.43 bits per heavy atom. The Labute approximate surface area is 81.1 Å². The predicted molar refractivity (Wildman–Crippen MR) is 49.2 cm³/mol. The third-order valence-electron chi connectivity index (χ3n) is 1.72. The summed E-state index contributed by atoms with van der Waals surface area (Å²) in [6.45, 7) is 1.20. The number of carboxylic acid groups (broad SMARTS) is 1. The van der Waals surface area contributed by atoms with Crippen molar-refractivity contribution in [1.82, 2.24) is 0 Å². The summed E-state index contributed by atoms with van der Waals surface area (Å²) < 4.78 is 5.04. The van der Waals surface area contributed by atoms with Crippen LogP contribution in [0.3, 0.4) is 0 Å². The molecule has 0 spiro atoms. The van der Waals surface area contributed by atoms with E-state index in [1.165, 1.54) is 6.92 Å². The first-order valence-electron chi connectivity index (χ1n) is 4.02. The molecule has 0 saturated heterocycles. The summed E-state index contributed by atoms with van der Waals surface area (Å²) in [5.41, 5.74) is -1.82. The van der Waals surface area contributed by atoms with Gasteiger partial charge in [0, 0.05) is 0 Å². The number of rotatable bonds is 4. The molecule has 0 amide bonds. The highest BCUT2D eigenvalue weighted by Crippen LogP contribution is 2.16.